The summed E-state index contributed by atoms with van der Waals surface area (Å²) in [5, 5.41) is 7.89. The van der Waals surface area contributed by atoms with Gasteiger partial charge in [0.1, 0.15) is 5.60 Å². The number of benzene rings is 1. The van der Waals surface area contributed by atoms with Gasteiger partial charge in [-0.1, -0.05) is 12.1 Å². The molecule has 0 spiro atoms. The summed E-state index contributed by atoms with van der Waals surface area (Å²) in [7, 11) is 0. The molecule has 1 aromatic heterocycles. The minimum Gasteiger partial charge on any atom is -0.444 e. The minimum absolute atomic E-state index is 0.128. The van der Waals surface area contributed by atoms with Crippen LogP contribution in [0.25, 0.3) is 0 Å². The van der Waals surface area contributed by atoms with Gasteiger partial charge in [0.05, 0.1) is 12.1 Å². The average molecular weight is 347 g/mol. The molecule has 0 bridgehead atoms. The molecule has 0 atom stereocenters. The van der Waals surface area contributed by atoms with Gasteiger partial charge in [-0.15, -0.1) is 11.3 Å². The highest BCUT2D eigenvalue weighted by molar-refractivity contribution is 7.13. The quantitative estimate of drug-likeness (QED) is 0.876. The summed E-state index contributed by atoms with van der Waals surface area (Å²) in [5.74, 6) is -0.128. The summed E-state index contributed by atoms with van der Waals surface area (Å²) in [5.41, 5.74) is 1.79. The van der Waals surface area contributed by atoms with Crippen molar-refractivity contribution in [3.8, 4) is 0 Å². The normalized spacial score (nSPS) is 11.0. The summed E-state index contributed by atoms with van der Waals surface area (Å²) in [6.07, 6.45) is -0.266. The zero-order valence-electron chi connectivity index (χ0n) is 14.2. The van der Waals surface area contributed by atoms with Crippen LogP contribution in [0.1, 0.15) is 32.0 Å². The number of rotatable bonds is 4. The van der Waals surface area contributed by atoms with Gasteiger partial charge < -0.3 is 10.1 Å². The molecule has 1 heterocycles. The zero-order valence-corrected chi connectivity index (χ0v) is 15.0. The Morgan fingerprint density at radius 2 is 1.83 bits per heavy atom. The molecule has 24 heavy (non-hydrogen) atoms. The first-order valence-corrected chi connectivity index (χ1v) is 8.40. The first kappa shape index (κ1) is 17.9. The number of aromatic nitrogens is 1. The second kappa shape index (κ2) is 7.44. The second-order valence-corrected chi connectivity index (χ2v) is 7.20. The Kier molecular flexibility index (Phi) is 5.56. The number of ether oxygens (including phenoxy) is 1. The van der Waals surface area contributed by atoms with Crippen LogP contribution in [0.2, 0.25) is 0 Å². The van der Waals surface area contributed by atoms with Crippen LogP contribution in [0.4, 0.5) is 15.6 Å². The van der Waals surface area contributed by atoms with Gasteiger partial charge in [0.2, 0.25) is 5.91 Å². The van der Waals surface area contributed by atoms with Crippen LogP contribution >= 0.6 is 11.3 Å². The van der Waals surface area contributed by atoms with E-state index in [1.807, 2.05) is 12.3 Å². The molecule has 0 fully saturated rings. The Morgan fingerprint density at radius 3 is 2.38 bits per heavy atom. The lowest BCUT2D eigenvalue weighted by atomic mass is 10.1. The van der Waals surface area contributed by atoms with Gasteiger partial charge in [-0.3, -0.25) is 10.1 Å². The van der Waals surface area contributed by atoms with E-state index in [2.05, 4.69) is 15.6 Å². The largest absolute Gasteiger partial charge is 0.444 e. The predicted octanol–water partition coefficient (Wildman–Crippen LogP) is 3.98. The van der Waals surface area contributed by atoms with E-state index in [9.17, 15) is 9.59 Å². The summed E-state index contributed by atoms with van der Waals surface area (Å²) < 4.78 is 5.18. The molecule has 0 unspecified atom stereocenters. The van der Waals surface area contributed by atoms with Gasteiger partial charge in [-0.25, -0.2) is 9.78 Å². The number of aryl methyl sites for hydroxylation is 1. The molecular formula is C17H21N3O3S. The fourth-order valence-corrected chi connectivity index (χ4v) is 2.59. The lowest BCUT2D eigenvalue weighted by Gasteiger charge is -2.19. The number of nitrogens with zero attached hydrogens (tertiary/aromatic N) is 1. The first-order valence-electron chi connectivity index (χ1n) is 7.52. The van der Waals surface area contributed by atoms with Crippen molar-refractivity contribution in [3.05, 3.63) is 40.9 Å². The highest BCUT2D eigenvalue weighted by Gasteiger charge is 2.16. The van der Waals surface area contributed by atoms with Crippen molar-refractivity contribution in [1.82, 2.24) is 4.98 Å². The van der Waals surface area contributed by atoms with Crippen LogP contribution in [0.3, 0.4) is 0 Å². The van der Waals surface area contributed by atoms with Crippen molar-refractivity contribution in [2.45, 2.75) is 39.7 Å². The Morgan fingerprint density at radius 1 is 1.17 bits per heavy atom. The van der Waals surface area contributed by atoms with E-state index in [0.29, 0.717) is 10.8 Å². The smallest absolute Gasteiger partial charge is 0.412 e. The van der Waals surface area contributed by atoms with E-state index in [1.54, 1.807) is 45.0 Å². The molecule has 128 valence electrons. The van der Waals surface area contributed by atoms with E-state index in [4.69, 9.17) is 4.74 Å². The standard InChI is InChI=1S/C17H21N3O3S/c1-11-10-24-15(18-11)20-14(21)9-12-5-7-13(8-6-12)19-16(22)23-17(2,3)4/h5-8,10H,9H2,1-4H3,(H,19,22)(H,18,20,21). The molecule has 0 aliphatic rings. The molecule has 2 N–H and O–H groups in total. The van der Waals surface area contributed by atoms with E-state index >= 15 is 0 Å². The lowest BCUT2D eigenvalue weighted by molar-refractivity contribution is -0.115. The maximum Gasteiger partial charge on any atom is 0.412 e. The Labute approximate surface area is 145 Å². The monoisotopic (exact) mass is 347 g/mol. The molecule has 2 amide bonds. The van der Waals surface area contributed by atoms with E-state index in [0.717, 1.165) is 11.3 Å². The summed E-state index contributed by atoms with van der Waals surface area (Å²) in [4.78, 5) is 27.9. The van der Waals surface area contributed by atoms with Gasteiger partial charge in [-0.2, -0.15) is 0 Å². The number of thiazole rings is 1. The predicted molar refractivity (Wildman–Crippen MR) is 95.5 cm³/mol. The van der Waals surface area contributed by atoms with E-state index < -0.39 is 11.7 Å². The maximum absolute atomic E-state index is 12.0. The van der Waals surface area contributed by atoms with Gasteiger partial charge in [0.15, 0.2) is 5.13 Å². The number of nitrogens with one attached hydrogen (secondary N) is 2. The molecule has 2 aromatic rings. The number of amides is 2. The SMILES string of the molecule is Cc1csc(NC(=O)Cc2ccc(NC(=O)OC(C)(C)C)cc2)n1. The van der Waals surface area contributed by atoms with Crippen LogP contribution < -0.4 is 10.6 Å². The Hall–Kier alpha value is -2.41. The highest BCUT2D eigenvalue weighted by atomic mass is 32.1. The molecule has 0 aliphatic carbocycles. The molecule has 1 aromatic carbocycles. The molecule has 0 saturated carbocycles. The fraction of sp³-hybridized carbons (Fsp3) is 0.353. The van der Waals surface area contributed by atoms with Crippen molar-refractivity contribution in [3.63, 3.8) is 0 Å². The number of anilines is 2. The third-order valence-corrected chi connectivity index (χ3v) is 3.70. The first-order chi connectivity index (χ1) is 11.2. The molecule has 7 heteroatoms. The molecule has 0 saturated heterocycles. The van der Waals surface area contributed by atoms with Crippen LogP contribution in [-0.2, 0) is 16.0 Å². The minimum atomic E-state index is -0.545. The van der Waals surface area contributed by atoms with E-state index in [-0.39, 0.29) is 12.3 Å². The molecule has 0 aliphatic heterocycles. The van der Waals surface area contributed by atoms with Crippen molar-refractivity contribution < 1.29 is 14.3 Å². The molecule has 6 nitrogen and oxygen atoms in total. The average Bonchev–Trinajstić information content (AvgIpc) is 2.84. The van der Waals surface area contributed by atoms with Crippen LogP contribution in [0, 0.1) is 6.92 Å². The van der Waals surface area contributed by atoms with Crippen molar-refractivity contribution in [2.24, 2.45) is 0 Å². The lowest BCUT2D eigenvalue weighted by Crippen LogP contribution is -2.27. The summed E-state index contributed by atoms with van der Waals surface area (Å²) >= 11 is 1.40. The topological polar surface area (TPSA) is 80.3 Å². The van der Waals surface area contributed by atoms with Crippen molar-refractivity contribution in [1.29, 1.82) is 0 Å². The maximum atomic E-state index is 12.0. The third-order valence-electron chi connectivity index (χ3n) is 2.83. The Bertz CT molecular complexity index is 717. The van der Waals surface area contributed by atoms with Crippen LogP contribution in [-0.4, -0.2) is 22.6 Å². The van der Waals surface area contributed by atoms with E-state index in [1.165, 1.54) is 11.3 Å². The second-order valence-electron chi connectivity index (χ2n) is 6.34. The fourth-order valence-electron chi connectivity index (χ4n) is 1.89. The van der Waals surface area contributed by atoms with Gasteiger partial charge in [0, 0.05) is 11.1 Å². The molecule has 2 rings (SSSR count). The third kappa shape index (κ3) is 6.00. The van der Waals surface area contributed by atoms with Crippen LogP contribution in [0.5, 0.6) is 0 Å². The zero-order chi connectivity index (χ0) is 17.7. The molecular weight excluding hydrogens is 326 g/mol. The van der Waals surface area contributed by atoms with Gasteiger partial charge >= 0.3 is 6.09 Å². The molecule has 0 radical (unpaired) electrons. The Balaban J connectivity index is 1.87. The number of hydrogen-bond donors (Lipinski definition) is 2. The summed E-state index contributed by atoms with van der Waals surface area (Å²) in [6.45, 7) is 7.29. The highest BCUT2D eigenvalue weighted by Crippen LogP contribution is 2.16. The number of hydrogen-bond acceptors (Lipinski definition) is 5. The number of carbonyl (C=O) groups is 2. The number of carbonyl (C=O) groups excluding carboxylic acids is 2. The van der Waals surface area contributed by atoms with Gasteiger partial charge in [-0.05, 0) is 45.4 Å². The van der Waals surface area contributed by atoms with Crippen LogP contribution in [0.15, 0.2) is 29.6 Å². The van der Waals surface area contributed by atoms with Gasteiger partial charge in [0.25, 0.3) is 0 Å². The summed E-state index contributed by atoms with van der Waals surface area (Å²) in [6, 6.07) is 7.05. The van der Waals surface area contributed by atoms with Crippen molar-refractivity contribution in [2.75, 3.05) is 10.6 Å². The van der Waals surface area contributed by atoms with Crippen molar-refractivity contribution >= 4 is 34.2 Å².